The summed E-state index contributed by atoms with van der Waals surface area (Å²) in [5.41, 5.74) is 26.2. The van der Waals surface area contributed by atoms with Crippen molar-refractivity contribution in [1.82, 2.24) is 23.7 Å². The van der Waals surface area contributed by atoms with E-state index in [9.17, 15) is 0 Å². The third-order valence-electron chi connectivity index (χ3n) is 29.0. The molecule has 0 radical (unpaired) electrons. The lowest BCUT2D eigenvalue weighted by Gasteiger charge is -2.15. The van der Waals surface area contributed by atoms with Gasteiger partial charge in [0.2, 0.25) is 0 Å². The van der Waals surface area contributed by atoms with E-state index < -0.39 is 0 Å². The fourth-order valence-electron chi connectivity index (χ4n) is 22.6. The molecule has 30 aromatic rings. The van der Waals surface area contributed by atoms with Crippen molar-refractivity contribution in [3.8, 4) is 61.6 Å². The van der Waals surface area contributed by atoms with Gasteiger partial charge in [0.25, 0.3) is 0 Å². The van der Waals surface area contributed by atoms with E-state index in [0.717, 1.165) is 171 Å². The number of hydrogen-bond donors (Lipinski definition) is 0. The summed E-state index contributed by atoms with van der Waals surface area (Å²) < 4.78 is 29.3. The van der Waals surface area contributed by atoms with Gasteiger partial charge in [-0.1, -0.05) is 371 Å². The first-order valence-corrected chi connectivity index (χ1v) is 50.0. The Morgan fingerprint density at radius 3 is 0.801 bits per heavy atom. The lowest BCUT2D eigenvalue weighted by molar-refractivity contribution is 0.669. The third kappa shape index (κ3) is 14.4. The number of rotatable bonds is 7. The van der Waals surface area contributed by atoms with Crippen LogP contribution in [0.15, 0.2) is 529 Å². The molecule has 9 aromatic heterocycles. The summed E-state index contributed by atoms with van der Waals surface area (Å²) in [6, 6.07) is 181. The minimum absolute atomic E-state index is 0. The van der Waals surface area contributed by atoms with E-state index in [4.69, 9.17) is 18.2 Å². The summed E-state index contributed by atoms with van der Waals surface area (Å²) in [6.45, 7) is 0. The molecule has 146 heavy (non-hydrogen) atoms. The number of furan rings is 3. The Kier molecular flexibility index (Phi) is 21.2. The van der Waals surface area contributed by atoms with Gasteiger partial charge < -0.3 is 27.0 Å². The van der Waals surface area contributed by atoms with Gasteiger partial charge in [0.15, 0.2) is 5.58 Å². The van der Waals surface area contributed by atoms with Crippen molar-refractivity contribution >= 4 is 228 Å². The predicted octanol–water partition coefficient (Wildman–Crippen LogP) is 38.8. The molecule has 0 unspecified atom stereocenters. The zero-order chi connectivity index (χ0) is 95.5. The first-order valence-electron chi connectivity index (χ1n) is 49.2. The smallest absolute Gasteiger partial charge is 0.153 e. The first-order chi connectivity index (χ1) is 72.0. The topological polar surface area (TPSA) is 80.0 Å². The molecule has 686 valence electrons. The summed E-state index contributed by atoms with van der Waals surface area (Å²) >= 11 is 1.82. The molecule has 0 N–H and O–H groups in total. The molecule has 0 saturated carbocycles. The molecule has 21 aromatic carbocycles. The van der Waals surface area contributed by atoms with Crippen LogP contribution < -0.4 is 0 Å². The van der Waals surface area contributed by atoms with Gasteiger partial charge in [0, 0.05) is 115 Å². The molecular formula is C137H89N5O3S. The molecule has 0 aliphatic heterocycles. The van der Waals surface area contributed by atoms with Crippen LogP contribution in [0.5, 0.6) is 0 Å². The van der Waals surface area contributed by atoms with Gasteiger partial charge in [0.1, 0.15) is 33.4 Å². The number of aromatic nitrogens is 5. The van der Waals surface area contributed by atoms with Crippen molar-refractivity contribution in [3.05, 3.63) is 516 Å². The van der Waals surface area contributed by atoms with E-state index in [0.29, 0.717) is 0 Å². The van der Waals surface area contributed by atoms with Crippen LogP contribution in [0.2, 0.25) is 0 Å². The van der Waals surface area contributed by atoms with Crippen LogP contribution in [0, 0.1) is 0 Å². The second-order valence-electron chi connectivity index (χ2n) is 37.1. The Morgan fingerprint density at radius 2 is 0.425 bits per heavy atom. The van der Waals surface area contributed by atoms with Crippen LogP contribution in [-0.2, 0) is 0 Å². The number of benzene rings is 21. The summed E-state index contributed by atoms with van der Waals surface area (Å²) in [5, 5.41) is 28.2. The second kappa shape index (κ2) is 35.9. The van der Waals surface area contributed by atoms with Gasteiger partial charge in [-0.3, -0.25) is 9.97 Å². The molecule has 9 heteroatoms. The monoisotopic (exact) mass is 1880 g/mol. The Bertz CT molecular complexity index is 10200. The second-order valence-corrected chi connectivity index (χ2v) is 38.1. The van der Waals surface area contributed by atoms with E-state index in [-0.39, 0.29) is 7.43 Å². The molecule has 0 aliphatic carbocycles. The highest BCUT2D eigenvalue weighted by atomic mass is 32.1. The third-order valence-corrected chi connectivity index (χ3v) is 30.2. The standard InChI is InChI=1S/C54H33NO2.C41H26N2O.C41H26N2S.CH4/c1-2-14-36(15-3-1)55-49-30-28-34(37-22-12-24-45-43-20-8-10-26-51(43)56-53(37)45)32-47(49)41-18-6-4-16-39(41)40-17-5-7-19-42(40)48-33-35(29-31-50(48)55)38-23-13-25-46-44-21-9-11-27-52(44)57-54(38)46;2*1-2-12-28(13-3-1)43-37-21-9-8-18-34(37)32-16-6-4-14-30(32)31-15-5-7-17-33(31)36-26-27(23-24-38(36)43)29-19-10-20-35-40-39(44-41(29)35)22-11-25-42-40;/h1-33H;2*1-26H;1H4. The minimum Gasteiger partial charge on any atom is -0.455 e. The number of nitrogens with zero attached hydrogens (tertiary/aromatic N) is 5. The maximum Gasteiger partial charge on any atom is 0.153 e. The zero-order valence-electron chi connectivity index (χ0n) is 78.4. The number of para-hydroxylation sites is 10. The number of thiophene rings is 1. The molecule has 0 spiro atoms. The van der Waals surface area contributed by atoms with Gasteiger partial charge in [-0.25, -0.2) is 0 Å². The van der Waals surface area contributed by atoms with E-state index in [1.165, 1.54) is 107 Å². The number of fused-ring (bicyclic) bond motifs is 33. The summed E-state index contributed by atoms with van der Waals surface area (Å²) in [4.78, 5) is 9.35. The Morgan fingerprint density at radius 1 is 0.171 bits per heavy atom. The fourth-order valence-corrected chi connectivity index (χ4v) is 23.8. The van der Waals surface area contributed by atoms with Gasteiger partial charge in [-0.05, 0) is 232 Å². The van der Waals surface area contributed by atoms with E-state index in [1.807, 2.05) is 54.1 Å². The highest BCUT2D eigenvalue weighted by molar-refractivity contribution is 7.26. The molecule has 30 rings (SSSR count). The van der Waals surface area contributed by atoms with Crippen molar-refractivity contribution in [2.45, 2.75) is 7.43 Å². The number of hydrogen-bond acceptors (Lipinski definition) is 6. The van der Waals surface area contributed by atoms with E-state index in [2.05, 4.69) is 492 Å². The van der Waals surface area contributed by atoms with E-state index in [1.54, 1.807) is 0 Å². The molecule has 0 aliphatic rings. The molecule has 0 fully saturated rings. The highest BCUT2D eigenvalue weighted by Gasteiger charge is 2.24. The van der Waals surface area contributed by atoms with Crippen molar-refractivity contribution in [3.63, 3.8) is 0 Å². The minimum atomic E-state index is 0. The van der Waals surface area contributed by atoms with Gasteiger partial charge in [-0.15, -0.1) is 11.3 Å². The van der Waals surface area contributed by atoms with Gasteiger partial charge in [0.05, 0.1) is 43.3 Å². The average Bonchev–Trinajstić information content (AvgIpc) is 1.57. The van der Waals surface area contributed by atoms with Crippen LogP contribution >= 0.6 is 11.3 Å². The summed E-state index contributed by atoms with van der Waals surface area (Å²) in [7, 11) is 0. The van der Waals surface area contributed by atoms with Crippen molar-refractivity contribution < 1.29 is 13.3 Å². The van der Waals surface area contributed by atoms with Gasteiger partial charge in [-0.2, -0.15) is 0 Å². The molecule has 9 heterocycles. The summed E-state index contributed by atoms with van der Waals surface area (Å²) in [6.07, 6.45) is 3.71. The van der Waals surface area contributed by atoms with Crippen LogP contribution in [0.25, 0.3) is 278 Å². The number of pyridine rings is 2. The summed E-state index contributed by atoms with van der Waals surface area (Å²) in [5.74, 6) is 0. The first kappa shape index (κ1) is 86.1. The molecule has 0 atom stereocenters. The fraction of sp³-hybridized carbons (Fsp3) is 0.00730. The predicted molar refractivity (Wildman–Crippen MR) is 619 cm³/mol. The maximum atomic E-state index is 6.57. The van der Waals surface area contributed by atoms with Crippen LogP contribution in [0.3, 0.4) is 0 Å². The lowest BCUT2D eigenvalue weighted by Crippen LogP contribution is -1.98. The molecule has 0 bridgehead atoms. The zero-order valence-corrected chi connectivity index (χ0v) is 79.3. The molecule has 8 nitrogen and oxygen atoms in total. The molecule has 0 saturated heterocycles. The van der Waals surface area contributed by atoms with Crippen molar-refractivity contribution in [1.29, 1.82) is 0 Å². The SMILES string of the molecule is C.c1ccc(-n2c3ccc(-c4cccc5c4oc4ccccc45)cc3c3ccccc3c3ccccc3c3cc(-c4cccc5c4oc4ccccc45)ccc32)cc1.c1ccc(-n2c3ccccc3c3ccccc3c3ccccc3c3cc(-c4cccc5c4oc4cccnc45)ccc32)cc1.c1ccc(-n2c3ccccc3c3ccccc3c3ccccc3c3cc(-c4cccc5c4sc4cccnc45)ccc32)cc1. The van der Waals surface area contributed by atoms with Crippen LogP contribution in [-0.4, -0.2) is 23.7 Å². The Labute approximate surface area is 843 Å². The van der Waals surface area contributed by atoms with E-state index >= 15 is 0 Å². The molecular weight excluding hydrogens is 1800 g/mol. The lowest BCUT2D eigenvalue weighted by atomic mass is 9.97. The normalized spacial score (nSPS) is 11.6. The highest BCUT2D eigenvalue weighted by Crippen LogP contribution is 2.48. The van der Waals surface area contributed by atoms with Crippen LogP contribution in [0.1, 0.15) is 7.43 Å². The quantitative estimate of drug-likeness (QED) is 0.159. The van der Waals surface area contributed by atoms with Crippen molar-refractivity contribution in [2.75, 3.05) is 0 Å². The Balaban J connectivity index is 0.000000110. The van der Waals surface area contributed by atoms with Crippen LogP contribution in [0.4, 0.5) is 0 Å². The van der Waals surface area contributed by atoms with Crippen molar-refractivity contribution in [2.24, 2.45) is 0 Å². The maximum absolute atomic E-state index is 6.57. The average molecular weight is 1890 g/mol. The Hall–Kier alpha value is -19.1. The van der Waals surface area contributed by atoms with Gasteiger partial charge >= 0.3 is 0 Å². The largest absolute Gasteiger partial charge is 0.455 e. The molecule has 0 amide bonds.